The van der Waals surface area contributed by atoms with Gasteiger partial charge in [0, 0.05) is 0 Å². The van der Waals surface area contributed by atoms with Crippen molar-refractivity contribution in [3.63, 3.8) is 0 Å². The number of allylic oxidation sites excluding steroid dienone is 1. The van der Waals surface area contributed by atoms with E-state index in [2.05, 4.69) is 6.58 Å². The Kier molecular flexibility index (Phi) is 5.20. The monoisotopic (exact) mass is 250 g/mol. The highest BCUT2D eigenvalue weighted by Crippen LogP contribution is 2.29. The molecule has 98 valence electrons. The van der Waals surface area contributed by atoms with Crippen molar-refractivity contribution in [2.24, 2.45) is 5.84 Å². The van der Waals surface area contributed by atoms with Crippen molar-refractivity contribution in [3.05, 3.63) is 36.4 Å². The zero-order valence-electron chi connectivity index (χ0n) is 10.6. The second-order valence-electron chi connectivity index (χ2n) is 3.75. The molecule has 1 rings (SSSR count). The number of ether oxygens (including phenoxy) is 2. The third kappa shape index (κ3) is 3.49. The van der Waals surface area contributed by atoms with Crippen LogP contribution in [0, 0.1) is 0 Å². The lowest BCUT2D eigenvalue weighted by Gasteiger charge is -2.16. The third-order valence-corrected chi connectivity index (χ3v) is 2.42. The van der Waals surface area contributed by atoms with E-state index in [0.717, 1.165) is 12.0 Å². The number of rotatable bonds is 6. The van der Waals surface area contributed by atoms with Crippen LogP contribution in [0.25, 0.3) is 0 Å². The van der Waals surface area contributed by atoms with Gasteiger partial charge in [0.1, 0.15) is 0 Å². The van der Waals surface area contributed by atoms with Crippen LogP contribution in [-0.2, 0) is 11.2 Å². The summed E-state index contributed by atoms with van der Waals surface area (Å²) in [7, 11) is 1.55. The van der Waals surface area contributed by atoms with Crippen LogP contribution < -0.4 is 20.7 Å². The predicted molar refractivity (Wildman–Crippen MR) is 69.3 cm³/mol. The van der Waals surface area contributed by atoms with E-state index in [1.165, 1.54) is 0 Å². The van der Waals surface area contributed by atoms with Crippen LogP contribution in [0.4, 0.5) is 0 Å². The number of carbonyl (C=O) groups is 1. The fourth-order valence-corrected chi connectivity index (χ4v) is 1.46. The van der Waals surface area contributed by atoms with Crippen molar-refractivity contribution in [2.45, 2.75) is 19.4 Å². The fourth-order valence-electron chi connectivity index (χ4n) is 1.46. The number of hydrogen-bond acceptors (Lipinski definition) is 4. The molecule has 1 aromatic rings. The van der Waals surface area contributed by atoms with E-state index in [-0.39, 0.29) is 0 Å². The van der Waals surface area contributed by atoms with Gasteiger partial charge in [0.25, 0.3) is 5.91 Å². The number of hydrogen-bond donors (Lipinski definition) is 2. The first-order valence-electron chi connectivity index (χ1n) is 5.57. The van der Waals surface area contributed by atoms with Gasteiger partial charge in [0.15, 0.2) is 17.6 Å². The summed E-state index contributed by atoms with van der Waals surface area (Å²) in [5.74, 6) is 5.72. The van der Waals surface area contributed by atoms with Crippen molar-refractivity contribution in [1.29, 1.82) is 0 Å². The van der Waals surface area contributed by atoms with E-state index >= 15 is 0 Å². The van der Waals surface area contributed by atoms with Gasteiger partial charge in [-0.05, 0) is 31.0 Å². The van der Waals surface area contributed by atoms with E-state index in [4.69, 9.17) is 15.3 Å². The van der Waals surface area contributed by atoms with Crippen molar-refractivity contribution in [2.75, 3.05) is 7.11 Å². The molecule has 0 radical (unpaired) electrons. The average molecular weight is 250 g/mol. The molecule has 1 amide bonds. The largest absolute Gasteiger partial charge is 0.493 e. The Labute approximate surface area is 107 Å². The Hall–Kier alpha value is -2.01. The summed E-state index contributed by atoms with van der Waals surface area (Å²) in [4.78, 5) is 11.3. The zero-order valence-corrected chi connectivity index (χ0v) is 10.6. The first kappa shape index (κ1) is 14.1. The summed E-state index contributed by atoms with van der Waals surface area (Å²) in [5.41, 5.74) is 3.10. The number of hydrazine groups is 1. The molecular weight excluding hydrogens is 232 g/mol. The maximum absolute atomic E-state index is 11.3. The molecule has 18 heavy (non-hydrogen) atoms. The molecule has 0 bridgehead atoms. The molecular formula is C13H18N2O3. The van der Waals surface area contributed by atoms with E-state index in [1.54, 1.807) is 26.2 Å². The standard InChI is InChI=1S/C13H18N2O3/c1-4-5-10-6-7-11(12(8-10)17-3)18-9(2)13(16)15-14/h4,6-9H,1,5,14H2,2-3H3,(H,15,16)/t9-/m1/s1. The molecule has 0 unspecified atom stereocenters. The SMILES string of the molecule is C=CCc1ccc(O[C@H](C)C(=O)NN)c(OC)c1. The second-order valence-corrected chi connectivity index (χ2v) is 3.75. The van der Waals surface area contributed by atoms with E-state index in [9.17, 15) is 4.79 Å². The Morgan fingerprint density at radius 2 is 2.28 bits per heavy atom. The van der Waals surface area contributed by atoms with E-state index in [0.29, 0.717) is 11.5 Å². The van der Waals surface area contributed by atoms with Crippen molar-refractivity contribution in [3.8, 4) is 11.5 Å². The topological polar surface area (TPSA) is 73.6 Å². The molecule has 5 nitrogen and oxygen atoms in total. The van der Waals surface area contributed by atoms with Gasteiger partial charge in [0.2, 0.25) is 0 Å². The molecule has 0 aliphatic carbocycles. The van der Waals surface area contributed by atoms with Gasteiger partial charge in [-0.3, -0.25) is 10.2 Å². The summed E-state index contributed by atoms with van der Waals surface area (Å²) in [6.45, 7) is 5.29. The summed E-state index contributed by atoms with van der Waals surface area (Å²) in [6, 6.07) is 5.51. The van der Waals surface area contributed by atoms with Crippen LogP contribution in [0.1, 0.15) is 12.5 Å². The average Bonchev–Trinajstić information content (AvgIpc) is 2.39. The molecule has 0 saturated heterocycles. The van der Waals surface area contributed by atoms with E-state index < -0.39 is 12.0 Å². The van der Waals surface area contributed by atoms with E-state index in [1.807, 2.05) is 17.6 Å². The molecule has 0 fully saturated rings. The van der Waals surface area contributed by atoms with Crippen molar-refractivity contribution in [1.82, 2.24) is 5.43 Å². The van der Waals surface area contributed by atoms with Gasteiger partial charge in [-0.25, -0.2) is 5.84 Å². The highest BCUT2D eigenvalue weighted by molar-refractivity contribution is 5.80. The first-order chi connectivity index (χ1) is 8.62. The Morgan fingerprint density at radius 1 is 1.56 bits per heavy atom. The fraction of sp³-hybridized carbons (Fsp3) is 0.308. The number of nitrogens with two attached hydrogens (primary N) is 1. The minimum Gasteiger partial charge on any atom is -0.493 e. The molecule has 5 heteroatoms. The van der Waals surface area contributed by atoms with Crippen molar-refractivity contribution >= 4 is 5.91 Å². The summed E-state index contributed by atoms with van der Waals surface area (Å²) >= 11 is 0. The minimum absolute atomic E-state index is 0.396. The number of benzene rings is 1. The third-order valence-electron chi connectivity index (χ3n) is 2.42. The van der Waals surface area contributed by atoms with Crippen LogP contribution in [0.3, 0.4) is 0 Å². The maximum Gasteiger partial charge on any atom is 0.274 e. The number of carbonyl (C=O) groups excluding carboxylic acids is 1. The van der Waals surface area contributed by atoms with Crippen LogP contribution >= 0.6 is 0 Å². The Morgan fingerprint density at radius 3 is 2.83 bits per heavy atom. The predicted octanol–water partition coefficient (Wildman–Crippen LogP) is 1.18. The molecule has 1 aromatic carbocycles. The lowest BCUT2D eigenvalue weighted by atomic mass is 10.1. The van der Waals surface area contributed by atoms with Crippen LogP contribution in [0.5, 0.6) is 11.5 Å². The van der Waals surface area contributed by atoms with Gasteiger partial charge in [0.05, 0.1) is 7.11 Å². The van der Waals surface area contributed by atoms with Gasteiger partial charge < -0.3 is 9.47 Å². The number of methoxy groups -OCH3 is 1. The molecule has 0 saturated carbocycles. The first-order valence-corrected chi connectivity index (χ1v) is 5.57. The van der Waals surface area contributed by atoms with Gasteiger partial charge in [-0.1, -0.05) is 12.1 Å². The zero-order chi connectivity index (χ0) is 13.5. The van der Waals surface area contributed by atoms with Crippen LogP contribution in [0.15, 0.2) is 30.9 Å². The summed E-state index contributed by atoms with van der Waals surface area (Å²) in [6.07, 6.45) is 1.86. The molecule has 0 aromatic heterocycles. The molecule has 0 heterocycles. The normalized spacial score (nSPS) is 11.5. The van der Waals surface area contributed by atoms with Gasteiger partial charge in [-0.15, -0.1) is 6.58 Å². The second kappa shape index (κ2) is 6.66. The van der Waals surface area contributed by atoms with Crippen molar-refractivity contribution < 1.29 is 14.3 Å². The quantitative estimate of drug-likeness (QED) is 0.344. The summed E-state index contributed by atoms with van der Waals surface area (Å²) < 4.78 is 10.7. The highest BCUT2D eigenvalue weighted by Gasteiger charge is 2.15. The summed E-state index contributed by atoms with van der Waals surface area (Å²) in [5, 5.41) is 0. The minimum atomic E-state index is -0.686. The molecule has 3 N–H and O–H groups in total. The maximum atomic E-state index is 11.3. The van der Waals surface area contributed by atoms with Crippen LogP contribution in [-0.4, -0.2) is 19.1 Å². The Bertz CT molecular complexity index is 432. The molecule has 0 spiro atoms. The molecule has 0 aliphatic rings. The Balaban J connectivity index is 2.88. The smallest absolute Gasteiger partial charge is 0.274 e. The lowest BCUT2D eigenvalue weighted by Crippen LogP contribution is -2.40. The highest BCUT2D eigenvalue weighted by atomic mass is 16.5. The lowest BCUT2D eigenvalue weighted by molar-refractivity contribution is -0.127. The number of nitrogens with one attached hydrogen (secondary N) is 1. The van der Waals surface area contributed by atoms with Gasteiger partial charge >= 0.3 is 0 Å². The van der Waals surface area contributed by atoms with Gasteiger partial charge in [-0.2, -0.15) is 0 Å². The van der Waals surface area contributed by atoms with Crippen LogP contribution in [0.2, 0.25) is 0 Å². The molecule has 1 atom stereocenters. The molecule has 0 aliphatic heterocycles. The number of amides is 1.